The summed E-state index contributed by atoms with van der Waals surface area (Å²) < 4.78 is 0. The minimum Gasteiger partial charge on any atom is -0.399 e. The van der Waals surface area contributed by atoms with Gasteiger partial charge in [0.1, 0.15) is 0 Å². The number of nitrogens with one attached hydrogen (secondary N) is 2. The molecular formula is C9H10N4. The predicted octanol–water partition coefficient (Wildman–Crippen LogP) is 1.74. The number of aromatic amines is 1. The van der Waals surface area contributed by atoms with Gasteiger partial charge < -0.3 is 11.1 Å². The lowest BCUT2D eigenvalue weighted by atomic mass is 10.3. The van der Waals surface area contributed by atoms with Crippen molar-refractivity contribution in [1.29, 1.82) is 0 Å². The molecule has 0 spiro atoms. The molecule has 66 valence electrons. The van der Waals surface area contributed by atoms with E-state index in [1.165, 1.54) is 0 Å². The molecule has 1 aromatic heterocycles. The standard InChI is InChI=1S/C9H10N4/c10-7-2-1-3-8(4-7)13-9-5-11-12-6-9/h1-6,13H,10H2,(H,11,12). The highest BCUT2D eigenvalue weighted by atomic mass is 15.1. The van der Waals surface area contributed by atoms with Gasteiger partial charge in [0.15, 0.2) is 0 Å². The van der Waals surface area contributed by atoms with Crippen LogP contribution in [0.5, 0.6) is 0 Å². The van der Waals surface area contributed by atoms with Crippen LogP contribution < -0.4 is 11.1 Å². The van der Waals surface area contributed by atoms with Crippen LogP contribution in [-0.4, -0.2) is 10.2 Å². The Bertz CT molecular complexity index is 380. The van der Waals surface area contributed by atoms with E-state index in [4.69, 9.17) is 5.73 Å². The monoisotopic (exact) mass is 174 g/mol. The van der Waals surface area contributed by atoms with Gasteiger partial charge in [-0.25, -0.2) is 0 Å². The average molecular weight is 174 g/mol. The van der Waals surface area contributed by atoms with Crippen molar-refractivity contribution < 1.29 is 0 Å². The van der Waals surface area contributed by atoms with E-state index < -0.39 is 0 Å². The largest absolute Gasteiger partial charge is 0.399 e. The maximum Gasteiger partial charge on any atom is 0.0767 e. The maximum atomic E-state index is 5.62. The molecule has 0 bridgehead atoms. The van der Waals surface area contributed by atoms with Crippen LogP contribution >= 0.6 is 0 Å². The quantitative estimate of drug-likeness (QED) is 0.607. The predicted molar refractivity (Wildman–Crippen MR) is 52.7 cm³/mol. The summed E-state index contributed by atoms with van der Waals surface area (Å²) in [6.07, 6.45) is 3.49. The highest BCUT2D eigenvalue weighted by Crippen LogP contribution is 2.16. The number of benzene rings is 1. The van der Waals surface area contributed by atoms with Crippen molar-refractivity contribution in [3.8, 4) is 0 Å². The first-order valence-electron chi connectivity index (χ1n) is 3.96. The van der Waals surface area contributed by atoms with Crippen molar-refractivity contribution in [3.05, 3.63) is 36.7 Å². The Labute approximate surface area is 75.8 Å². The summed E-state index contributed by atoms with van der Waals surface area (Å²) in [5.41, 5.74) is 8.25. The Hall–Kier alpha value is -1.97. The molecule has 0 amide bonds. The van der Waals surface area contributed by atoms with Crippen molar-refractivity contribution in [2.24, 2.45) is 0 Å². The zero-order chi connectivity index (χ0) is 9.10. The van der Waals surface area contributed by atoms with Gasteiger partial charge in [0, 0.05) is 17.6 Å². The third-order valence-corrected chi connectivity index (χ3v) is 1.67. The second-order valence-electron chi connectivity index (χ2n) is 2.74. The molecule has 0 atom stereocenters. The Morgan fingerprint density at radius 2 is 2.23 bits per heavy atom. The fourth-order valence-corrected chi connectivity index (χ4v) is 1.10. The number of nitrogens with zero attached hydrogens (tertiary/aromatic N) is 1. The van der Waals surface area contributed by atoms with Crippen LogP contribution in [0, 0.1) is 0 Å². The Morgan fingerprint density at radius 1 is 1.31 bits per heavy atom. The first-order chi connectivity index (χ1) is 6.34. The van der Waals surface area contributed by atoms with Gasteiger partial charge >= 0.3 is 0 Å². The zero-order valence-corrected chi connectivity index (χ0v) is 6.99. The lowest BCUT2D eigenvalue weighted by molar-refractivity contribution is 1.09. The van der Waals surface area contributed by atoms with E-state index in [0.717, 1.165) is 17.1 Å². The zero-order valence-electron chi connectivity index (χ0n) is 6.99. The van der Waals surface area contributed by atoms with Crippen LogP contribution in [0.2, 0.25) is 0 Å². The molecule has 0 aliphatic rings. The van der Waals surface area contributed by atoms with Gasteiger partial charge in [0.2, 0.25) is 0 Å². The number of anilines is 3. The Kier molecular flexibility index (Phi) is 1.88. The van der Waals surface area contributed by atoms with Crippen LogP contribution in [0.4, 0.5) is 17.1 Å². The normalized spacial score (nSPS) is 9.85. The van der Waals surface area contributed by atoms with E-state index >= 15 is 0 Å². The second-order valence-corrected chi connectivity index (χ2v) is 2.74. The number of hydrogen-bond donors (Lipinski definition) is 3. The molecule has 0 radical (unpaired) electrons. The maximum absolute atomic E-state index is 5.62. The van der Waals surface area contributed by atoms with E-state index in [1.54, 1.807) is 12.4 Å². The molecule has 4 nitrogen and oxygen atoms in total. The number of aromatic nitrogens is 2. The summed E-state index contributed by atoms with van der Waals surface area (Å²) in [6.45, 7) is 0. The van der Waals surface area contributed by atoms with Crippen molar-refractivity contribution >= 4 is 17.1 Å². The highest BCUT2D eigenvalue weighted by molar-refractivity contribution is 5.62. The van der Waals surface area contributed by atoms with E-state index in [2.05, 4.69) is 15.5 Å². The van der Waals surface area contributed by atoms with Crippen LogP contribution in [0.15, 0.2) is 36.7 Å². The number of rotatable bonds is 2. The minimum atomic E-state index is 0.744. The second kappa shape index (κ2) is 3.18. The minimum absolute atomic E-state index is 0.744. The molecule has 4 N–H and O–H groups in total. The molecule has 0 saturated heterocycles. The molecule has 0 aliphatic heterocycles. The first-order valence-corrected chi connectivity index (χ1v) is 3.96. The molecule has 13 heavy (non-hydrogen) atoms. The van der Waals surface area contributed by atoms with E-state index in [1.807, 2.05) is 24.3 Å². The van der Waals surface area contributed by atoms with Crippen LogP contribution in [0.3, 0.4) is 0 Å². The van der Waals surface area contributed by atoms with E-state index in [-0.39, 0.29) is 0 Å². The summed E-state index contributed by atoms with van der Waals surface area (Å²) >= 11 is 0. The summed E-state index contributed by atoms with van der Waals surface area (Å²) in [5, 5.41) is 9.69. The van der Waals surface area contributed by atoms with E-state index in [9.17, 15) is 0 Å². The molecule has 1 aromatic carbocycles. The summed E-state index contributed by atoms with van der Waals surface area (Å²) in [7, 11) is 0. The van der Waals surface area contributed by atoms with Crippen molar-refractivity contribution in [3.63, 3.8) is 0 Å². The molecule has 2 aromatic rings. The van der Waals surface area contributed by atoms with Gasteiger partial charge in [-0.3, -0.25) is 5.10 Å². The average Bonchev–Trinajstić information content (AvgIpc) is 2.57. The molecular weight excluding hydrogens is 164 g/mol. The molecule has 1 heterocycles. The SMILES string of the molecule is Nc1cccc(Nc2cn[nH]c2)c1. The number of nitrogens with two attached hydrogens (primary N) is 1. The van der Waals surface area contributed by atoms with Crippen molar-refractivity contribution in [2.75, 3.05) is 11.1 Å². The summed E-state index contributed by atoms with van der Waals surface area (Å²) in [4.78, 5) is 0. The fraction of sp³-hybridized carbons (Fsp3) is 0. The van der Waals surface area contributed by atoms with Crippen molar-refractivity contribution in [2.45, 2.75) is 0 Å². The number of hydrogen-bond acceptors (Lipinski definition) is 3. The lowest BCUT2D eigenvalue weighted by Crippen LogP contribution is -1.90. The third kappa shape index (κ3) is 1.79. The van der Waals surface area contributed by atoms with Gasteiger partial charge in [-0.15, -0.1) is 0 Å². The van der Waals surface area contributed by atoms with Crippen molar-refractivity contribution in [1.82, 2.24) is 10.2 Å². The molecule has 0 aliphatic carbocycles. The number of H-pyrrole nitrogens is 1. The van der Waals surface area contributed by atoms with Crippen LogP contribution in [0.25, 0.3) is 0 Å². The molecule has 2 rings (SSSR count). The highest BCUT2D eigenvalue weighted by Gasteiger charge is 1.94. The van der Waals surface area contributed by atoms with Crippen LogP contribution in [-0.2, 0) is 0 Å². The van der Waals surface area contributed by atoms with Gasteiger partial charge in [-0.05, 0) is 18.2 Å². The number of nitrogen functional groups attached to an aromatic ring is 1. The van der Waals surface area contributed by atoms with Gasteiger partial charge in [0.25, 0.3) is 0 Å². The van der Waals surface area contributed by atoms with E-state index in [0.29, 0.717) is 0 Å². The topological polar surface area (TPSA) is 66.7 Å². The van der Waals surface area contributed by atoms with Gasteiger partial charge in [-0.1, -0.05) is 6.07 Å². The summed E-state index contributed by atoms with van der Waals surface area (Å²) in [6, 6.07) is 7.56. The molecule has 0 fully saturated rings. The third-order valence-electron chi connectivity index (χ3n) is 1.67. The summed E-state index contributed by atoms with van der Waals surface area (Å²) in [5.74, 6) is 0. The Balaban J connectivity index is 2.19. The lowest BCUT2D eigenvalue weighted by Gasteiger charge is -2.02. The molecule has 0 saturated carbocycles. The Morgan fingerprint density at radius 3 is 2.92 bits per heavy atom. The van der Waals surface area contributed by atoms with Crippen LogP contribution in [0.1, 0.15) is 0 Å². The molecule has 4 heteroatoms. The fourth-order valence-electron chi connectivity index (χ4n) is 1.10. The first kappa shape index (κ1) is 7.67. The smallest absolute Gasteiger partial charge is 0.0767 e. The molecule has 0 unspecified atom stereocenters. The van der Waals surface area contributed by atoms with Gasteiger partial charge in [-0.2, -0.15) is 5.10 Å². The van der Waals surface area contributed by atoms with Gasteiger partial charge in [0.05, 0.1) is 11.9 Å².